The van der Waals surface area contributed by atoms with Crippen LogP contribution in [0.1, 0.15) is 47.0 Å². The largest absolute Gasteiger partial charge is 0.462 e. The van der Waals surface area contributed by atoms with E-state index in [1.54, 1.807) is 6.92 Å². The normalized spacial score (nSPS) is 11.2. The topological polar surface area (TPSA) is 35.5 Å². The standard InChI is InChI=1S/C13H24O3/c1-6-13(4,5)16-10-8-7-9-15-12(14)11(2)3/h2,6-10H2,1,3-5H3. The molecule has 0 atom stereocenters. The quantitative estimate of drug-likeness (QED) is 0.364. The van der Waals surface area contributed by atoms with E-state index in [0.29, 0.717) is 18.8 Å². The van der Waals surface area contributed by atoms with Crippen LogP contribution in [0.3, 0.4) is 0 Å². The van der Waals surface area contributed by atoms with Gasteiger partial charge in [-0.2, -0.15) is 0 Å². The molecule has 0 aliphatic rings. The van der Waals surface area contributed by atoms with Crippen molar-refractivity contribution in [2.45, 2.75) is 52.6 Å². The van der Waals surface area contributed by atoms with Gasteiger partial charge in [-0.15, -0.1) is 0 Å². The summed E-state index contributed by atoms with van der Waals surface area (Å²) in [6.07, 6.45) is 2.74. The second-order valence-corrected chi connectivity index (χ2v) is 4.59. The summed E-state index contributed by atoms with van der Waals surface area (Å²) in [5, 5.41) is 0. The van der Waals surface area contributed by atoms with Crippen molar-refractivity contribution in [3.05, 3.63) is 12.2 Å². The number of hydrogen-bond acceptors (Lipinski definition) is 3. The van der Waals surface area contributed by atoms with Crippen LogP contribution in [0.15, 0.2) is 12.2 Å². The Bertz CT molecular complexity index is 231. The summed E-state index contributed by atoms with van der Waals surface area (Å²) in [4.78, 5) is 11.0. The molecule has 3 heteroatoms. The number of rotatable bonds is 8. The minimum atomic E-state index is -0.310. The molecule has 0 N–H and O–H groups in total. The first-order valence-corrected chi connectivity index (χ1v) is 5.85. The Morgan fingerprint density at radius 2 is 1.81 bits per heavy atom. The first-order chi connectivity index (χ1) is 7.39. The smallest absolute Gasteiger partial charge is 0.333 e. The second kappa shape index (κ2) is 7.44. The van der Waals surface area contributed by atoms with Crippen molar-refractivity contribution >= 4 is 5.97 Å². The zero-order chi connectivity index (χ0) is 12.6. The van der Waals surface area contributed by atoms with E-state index in [0.717, 1.165) is 19.3 Å². The van der Waals surface area contributed by atoms with Gasteiger partial charge in [0.2, 0.25) is 0 Å². The van der Waals surface area contributed by atoms with Crippen molar-refractivity contribution in [2.75, 3.05) is 13.2 Å². The number of ether oxygens (including phenoxy) is 2. The molecule has 0 unspecified atom stereocenters. The van der Waals surface area contributed by atoms with E-state index in [1.807, 2.05) is 0 Å². The molecular formula is C13H24O3. The number of hydrogen-bond donors (Lipinski definition) is 0. The molecule has 0 rings (SSSR count). The van der Waals surface area contributed by atoms with Crippen molar-refractivity contribution < 1.29 is 14.3 Å². The van der Waals surface area contributed by atoms with Crippen LogP contribution < -0.4 is 0 Å². The minimum absolute atomic E-state index is 0.0472. The third-order valence-electron chi connectivity index (χ3n) is 2.46. The lowest BCUT2D eigenvalue weighted by Gasteiger charge is -2.23. The molecule has 0 aliphatic carbocycles. The molecular weight excluding hydrogens is 204 g/mol. The van der Waals surface area contributed by atoms with Crippen LogP contribution in [-0.4, -0.2) is 24.8 Å². The Hall–Kier alpha value is -0.830. The lowest BCUT2D eigenvalue weighted by atomic mass is 10.1. The highest BCUT2D eigenvalue weighted by molar-refractivity contribution is 5.86. The number of carbonyl (C=O) groups is 1. The van der Waals surface area contributed by atoms with Crippen molar-refractivity contribution in [3.63, 3.8) is 0 Å². The monoisotopic (exact) mass is 228 g/mol. The third kappa shape index (κ3) is 7.46. The van der Waals surface area contributed by atoms with Crippen LogP contribution in [0.4, 0.5) is 0 Å². The van der Waals surface area contributed by atoms with Crippen LogP contribution in [0.5, 0.6) is 0 Å². The predicted octanol–water partition coefficient (Wildman–Crippen LogP) is 3.09. The predicted molar refractivity (Wildman–Crippen MR) is 65.3 cm³/mol. The minimum Gasteiger partial charge on any atom is -0.462 e. The van der Waals surface area contributed by atoms with Crippen molar-refractivity contribution in [2.24, 2.45) is 0 Å². The molecule has 0 amide bonds. The van der Waals surface area contributed by atoms with Gasteiger partial charge in [-0.25, -0.2) is 4.79 Å². The molecule has 0 saturated heterocycles. The van der Waals surface area contributed by atoms with E-state index >= 15 is 0 Å². The number of unbranched alkanes of at least 4 members (excludes halogenated alkanes) is 1. The summed E-state index contributed by atoms with van der Waals surface area (Å²) in [6, 6.07) is 0. The molecule has 0 spiro atoms. The highest BCUT2D eigenvalue weighted by Gasteiger charge is 2.14. The molecule has 3 nitrogen and oxygen atoms in total. The van der Waals surface area contributed by atoms with Gasteiger partial charge >= 0.3 is 5.97 Å². The lowest BCUT2D eigenvalue weighted by molar-refractivity contribution is -0.139. The van der Waals surface area contributed by atoms with Gasteiger partial charge in [-0.3, -0.25) is 0 Å². The molecule has 0 aliphatic heterocycles. The lowest BCUT2D eigenvalue weighted by Crippen LogP contribution is -2.23. The molecule has 0 aromatic carbocycles. The fourth-order valence-corrected chi connectivity index (χ4v) is 0.943. The zero-order valence-electron chi connectivity index (χ0n) is 11.0. The average Bonchev–Trinajstić information content (AvgIpc) is 2.22. The summed E-state index contributed by atoms with van der Waals surface area (Å²) in [5.74, 6) is -0.310. The summed E-state index contributed by atoms with van der Waals surface area (Å²) >= 11 is 0. The van der Waals surface area contributed by atoms with Crippen LogP contribution in [0, 0.1) is 0 Å². The highest BCUT2D eigenvalue weighted by Crippen LogP contribution is 2.13. The zero-order valence-corrected chi connectivity index (χ0v) is 11.0. The van der Waals surface area contributed by atoms with Crippen LogP contribution in [0.25, 0.3) is 0 Å². The van der Waals surface area contributed by atoms with E-state index in [9.17, 15) is 4.79 Å². The van der Waals surface area contributed by atoms with Gasteiger partial charge in [0.1, 0.15) is 0 Å². The van der Waals surface area contributed by atoms with Gasteiger partial charge in [0.05, 0.1) is 12.2 Å². The van der Waals surface area contributed by atoms with E-state index in [2.05, 4.69) is 27.4 Å². The molecule has 0 aromatic rings. The van der Waals surface area contributed by atoms with Gasteiger partial charge in [0.15, 0.2) is 0 Å². The van der Waals surface area contributed by atoms with Crippen molar-refractivity contribution in [3.8, 4) is 0 Å². The first kappa shape index (κ1) is 15.2. The second-order valence-electron chi connectivity index (χ2n) is 4.59. The van der Waals surface area contributed by atoms with Gasteiger partial charge in [-0.05, 0) is 40.0 Å². The Morgan fingerprint density at radius 1 is 1.25 bits per heavy atom. The van der Waals surface area contributed by atoms with E-state index < -0.39 is 0 Å². The van der Waals surface area contributed by atoms with Gasteiger partial charge in [-0.1, -0.05) is 13.5 Å². The van der Waals surface area contributed by atoms with Gasteiger partial charge in [0.25, 0.3) is 0 Å². The van der Waals surface area contributed by atoms with Crippen LogP contribution in [0.2, 0.25) is 0 Å². The first-order valence-electron chi connectivity index (χ1n) is 5.85. The summed E-state index contributed by atoms with van der Waals surface area (Å²) in [5.41, 5.74) is 0.400. The average molecular weight is 228 g/mol. The maximum absolute atomic E-state index is 11.0. The molecule has 0 saturated carbocycles. The fraction of sp³-hybridized carbons (Fsp3) is 0.769. The third-order valence-corrected chi connectivity index (χ3v) is 2.46. The fourth-order valence-electron chi connectivity index (χ4n) is 0.943. The summed E-state index contributed by atoms with van der Waals surface area (Å²) in [7, 11) is 0. The Morgan fingerprint density at radius 3 is 2.31 bits per heavy atom. The van der Waals surface area contributed by atoms with Crippen LogP contribution >= 0.6 is 0 Å². The molecule has 94 valence electrons. The number of carbonyl (C=O) groups excluding carboxylic acids is 1. The van der Waals surface area contributed by atoms with Gasteiger partial charge < -0.3 is 9.47 Å². The molecule has 0 bridgehead atoms. The Kier molecular flexibility index (Phi) is 7.06. The van der Waals surface area contributed by atoms with E-state index in [4.69, 9.17) is 9.47 Å². The van der Waals surface area contributed by atoms with Crippen molar-refractivity contribution in [1.82, 2.24) is 0 Å². The van der Waals surface area contributed by atoms with Gasteiger partial charge in [0, 0.05) is 12.2 Å². The SMILES string of the molecule is C=C(C)C(=O)OCCCCOC(C)(C)CC. The molecule has 0 aromatic heterocycles. The maximum Gasteiger partial charge on any atom is 0.333 e. The van der Waals surface area contributed by atoms with Crippen molar-refractivity contribution in [1.29, 1.82) is 0 Å². The Labute approximate surface area is 98.8 Å². The molecule has 0 heterocycles. The maximum atomic E-state index is 11.0. The van der Waals surface area contributed by atoms with E-state index in [-0.39, 0.29) is 11.6 Å². The van der Waals surface area contributed by atoms with E-state index in [1.165, 1.54) is 0 Å². The Balaban J connectivity index is 3.41. The van der Waals surface area contributed by atoms with Crippen LogP contribution in [-0.2, 0) is 14.3 Å². The number of esters is 1. The molecule has 16 heavy (non-hydrogen) atoms. The highest BCUT2D eigenvalue weighted by atomic mass is 16.5. The summed E-state index contributed by atoms with van der Waals surface area (Å²) < 4.78 is 10.6. The summed E-state index contributed by atoms with van der Waals surface area (Å²) in [6.45, 7) is 12.6. The molecule has 0 fully saturated rings. The molecule has 0 radical (unpaired) electrons.